The summed E-state index contributed by atoms with van der Waals surface area (Å²) in [5.74, 6) is -0.894. The fourth-order valence-electron chi connectivity index (χ4n) is 7.86. The van der Waals surface area contributed by atoms with Crippen molar-refractivity contribution in [2.45, 2.75) is 290 Å². The fourth-order valence-corrected chi connectivity index (χ4v) is 7.86. The zero-order valence-electron chi connectivity index (χ0n) is 42.6. The molecule has 0 radical (unpaired) electrons. The Labute approximate surface area is 397 Å². The van der Waals surface area contributed by atoms with Crippen molar-refractivity contribution in [2.24, 2.45) is 0 Å². The van der Waals surface area contributed by atoms with Gasteiger partial charge in [-0.3, -0.25) is 14.4 Å². The van der Waals surface area contributed by atoms with Gasteiger partial charge in [-0.15, -0.1) is 0 Å². The molecule has 6 nitrogen and oxygen atoms in total. The summed E-state index contributed by atoms with van der Waals surface area (Å²) in [7, 11) is 0. The number of carbonyl (C=O) groups is 3. The lowest BCUT2D eigenvalue weighted by Crippen LogP contribution is -2.30. The van der Waals surface area contributed by atoms with Crippen LogP contribution in [0, 0.1) is 0 Å². The van der Waals surface area contributed by atoms with Crippen molar-refractivity contribution >= 4 is 17.9 Å². The lowest BCUT2D eigenvalue weighted by atomic mass is 10.0. The molecule has 0 aromatic rings. The molecule has 0 aliphatic carbocycles. The van der Waals surface area contributed by atoms with Crippen LogP contribution in [0.15, 0.2) is 48.6 Å². The number of esters is 3. The van der Waals surface area contributed by atoms with E-state index >= 15 is 0 Å². The number of carbonyl (C=O) groups excluding carboxylic acids is 3. The minimum atomic E-state index is -0.774. The van der Waals surface area contributed by atoms with E-state index in [1.807, 2.05) is 0 Å². The molecule has 0 aliphatic rings. The minimum absolute atomic E-state index is 0.0770. The Bertz CT molecular complexity index is 1120. The van der Waals surface area contributed by atoms with Crippen molar-refractivity contribution in [3.05, 3.63) is 48.6 Å². The average molecular weight is 897 g/mol. The minimum Gasteiger partial charge on any atom is -0.462 e. The number of hydrogen-bond donors (Lipinski definition) is 0. The topological polar surface area (TPSA) is 78.9 Å². The lowest BCUT2D eigenvalue weighted by Gasteiger charge is -2.18. The third-order valence-electron chi connectivity index (χ3n) is 12.0. The van der Waals surface area contributed by atoms with E-state index in [0.717, 1.165) is 96.3 Å². The second-order valence-corrected chi connectivity index (χ2v) is 18.5. The summed E-state index contributed by atoms with van der Waals surface area (Å²) in [6.45, 7) is 6.51. The van der Waals surface area contributed by atoms with Gasteiger partial charge in [-0.05, 0) is 77.0 Å². The third-order valence-corrected chi connectivity index (χ3v) is 12.0. The molecule has 0 spiro atoms. The van der Waals surface area contributed by atoms with Crippen LogP contribution < -0.4 is 0 Å². The van der Waals surface area contributed by atoms with Crippen LogP contribution in [-0.2, 0) is 28.6 Å². The Morgan fingerprint density at radius 3 is 0.922 bits per heavy atom. The van der Waals surface area contributed by atoms with E-state index in [2.05, 4.69) is 69.4 Å². The van der Waals surface area contributed by atoms with Crippen molar-refractivity contribution < 1.29 is 28.6 Å². The van der Waals surface area contributed by atoms with E-state index < -0.39 is 6.10 Å². The first kappa shape index (κ1) is 61.4. The molecule has 0 N–H and O–H groups in total. The first-order valence-electron chi connectivity index (χ1n) is 27.6. The van der Waals surface area contributed by atoms with Crippen LogP contribution in [0.2, 0.25) is 0 Å². The number of rotatable bonds is 50. The zero-order chi connectivity index (χ0) is 46.5. The van der Waals surface area contributed by atoms with E-state index in [-0.39, 0.29) is 31.1 Å². The second kappa shape index (κ2) is 53.0. The van der Waals surface area contributed by atoms with Crippen LogP contribution in [0.1, 0.15) is 284 Å². The average Bonchev–Trinajstić information content (AvgIpc) is 3.29. The van der Waals surface area contributed by atoms with Gasteiger partial charge >= 0.3 is 17.9 Å². The Kier molecular flexibility index (Phi) is 50.8. The number of allylic oxidation sites excluding steroid dienone is 8. The Morgan fingerprint density at radius 1 is 0.312 bits per heavy atom. The molecule has 0 saturated carbocycles. The first-order valence-corrected chi connectivity index (χ1v) is 27.6. The molecule has 6 heteroatoms. The second-order valence-electron chi connectivity index (χ2n) is 18.5. The normalized spacial score (nSPS) is 12.4. The summed E-state index contributed by atoms with van der Waals surface area (Å²) in [5.41, 5.74) is 0. The zero-order valence-corrected chi connectivity index (χ0v) is 42.6. The van der Waals surface area contributed by atoms with Crippen molar-refractivity contribution in [3.63, 3.8) is 0 Å². The van der Waals surface area contributed by atoms with Gasteiger partial charge < -0.3 is 14.2 Å². The van der Waals surface area contributed by atoms with Gasteiger partial charge in [0.1, 0.15) is 13.2 Å². The number of ether oxygens (including phenoxy) is 3. The van der Waals surface area contributed by atoms with E-state index in [0.29, 0.717) is 19.3 Å². The standard InChI is InChI=1S/C58H104O6/c1-4-7-10-13-16-18-20-22-23-24-25-26-27-28-29-30-31-32-33-34-35-37-38-40-42-45-48-51-57(60)63-54-55(53-62-56(59)50-47-44-15-12-9-6-3)64-58(61)52-49-46-43-41-39-36-21-19-17-14-11-8-5-2/h11,14,19-22,24-25,55H,4-10,12-13,15-18,23,26-54H2,1-3H3/b14-11-,21-19-,22-20-,25-24-. The third kappa shape index (κ3) is 50.4. The summed E-state index contributed by atoms with van der Waals surface area (Å²) in [5, 5.41) is 0. The molecule has 372 valence electrons. The predicted molar refractivity (Wildman–Crippen MR) is 275 cm³/mol. The molecule has 0 aliphatic heterocycles. The maximum absolute atomic E-state index is 12.7. The van der Waals surface area contributed by atoms with Gasteiger partial charge in [-0.2, -0.15) is 0 Å². The van der Waals surface area contributed by atoms with Gasteiger partial charge in [-0.1, -0.05) is 236 Å². The SMILES string of the molecule is CCC/C=C\C/C=C\CCCCCCCC(=O)OC(COC(=O)CCCCCCCC)COC(=O)CCCCCCCCCCCCCCCCC/C=C\C/C=C\CCCCCCC. The first-order chi connectivity index (χ1) is 31.5. The Balaban J connectivity index is 4.04. The van der Waals surface area contributed by atoms with Gasteiger partial charge in [-0.25, -0.2) is 0 Å². The maximum atomic E-state index is 12.7. The van der Waals surface area contributed by atoms with Crippen LogP contribution in [0.3, 0.4) is 0 Å². The molecular weight excluding hydrogens is 793 g/mol. The Morgan fingerprint density at radius 2 is 0.594 bits per heavy atom. The Hall–Kier alpha value is -2.63. The number of hydrogen-bond acceptors (Lipinski definition) is 6. The fraction of sp³-hybridized carbons (Fsp3) is 0.810. The van der Waals surface area contributed by atoms with Gasteiger partial charge in [0.25, 0.3) is 0 Å². The molecule has 1 unspecified atom stereocenters. The van der Waals surface area contributed by atoms with E-state index in [1.165, 1.54) is 148 Å². The highest BCUT2D eigenvalue weighted by molar-refractivity contribution is 5.71. The quantitative estimate of drug-likeness (QED) is 0.0262. The van der Waals surface area contributed by atoms with E-state index in [1.54, 1.807) is 0 Å². The summed E-state index contributed by atoms with van der Waals surface area (Å²) < 4.78 is 16.7. The highest BCUT2D eigenvalue weighted by Crippen LogP contribution is 2.16. The number of unbranched alkanes of at least 4 members (excludes halogenated alkanes) is 31. The summed E-state index contributed by atoms with van der Waals surface area (Å²) in [4.78, 5) is 37.7. The van der Waals surface area contributed by atoms with Gasteiger partial charge in [0.15, 0.2) is 6.10 Å². The van der Waals surface area contributed by atoms with Crippen LogP contribution in [0.4, 0.5) is 0 Å². The highest BCUT2D eigenvalue weighted by atomic mass is 16.6. The molecule has 0 heterocycles. The van der Waals surface area contributed by atoms with E-state index in [9.17, 15) is 14.4 Å². The van der Waals surface area contributed by atoms with E-state index in [4.69, 9.17) is 14.2 Å². The smallest absolute Gasteiger partial charge is 0.306 e. The molecule has 1 atom stereocenters. The van der Waals surface area contributed by atoms with Crippen LogP contribution in [0.25, 0.3) is 0 Å². The maximum Gasteiger partial charge on any atom is 0.306 e. The van der Waals surface area contributed by atoms with Crippen LogP contribution in [0.5, 0.6) is 0 Å². The summed E-state index contributed by atoms with van der Waals surface area (Å²) in [6, 6.07) is 0. The molecule has 0 rings (SSSR count). The molecule has 0 aromatic heterocycles. The molecule has 0 fully saturated rings. The monoisotopic (exact) mass is 897 g/mol. The molecule has 0 bridgehead atoms. The van der Waals surface area contributed by atoms with Gasteiger partial charge in [0.05, 0.1) is 0 Å². The summed E-state index contributed by atoms with van der Waals surface area (Å²) >= 11 is 0. The van der Waals surface area contributed by atoms with Crippen LogP contribution >= 0.6 is 0 Å². The largest absolute Gasteiger partial charge is 0.462 e. The lowest BCUT2D eigenvalue weighted by molar-refractivity contribution is -0.167. The van der Waals surface area contributed by atoms with Gasteiger partial charge in [0, 0.05) is 19.3 Å². The summed E-state index contributed by atoms with van der Waals surface area (Å²) in [6.07, 6.45) is 64.3. The van der Waals surface area contributed by atoms with Crippen molar-refractivity contribution in [3.8, 4) is 0 Å². The van der Waals surface area contributed by atoms with Crippen molar-refractivity contribution in [1.29, 1.82) is 0 Å². The molecule has 64 heavy (non-hydrogen) atoms. The van der Waals surface area contributed by atoms with Crippen LogP contribution in [-0.4, -0.2) is 37.2 Å². The highest BCUT2D eigenvalue weighted by Gasteiger charge is 2.19. The van der Waals surface area contributed by atoms with Gasteiger partial charge in [0.2, 0.25) is 0 Å². The molecular formula is C58H104O6. The van der Waals surface area contributed by atoms with Crippen molar-refractivity contribution in [2.75, 3.05) is 13.2 Å². The molecule has 0 saturated heterocycles. The predicted octanol–water partition coefficient (Wildman–Crippen LogP) is 18.3. The van der Waals surface area contributed by atoms with Crippen molar-refractivity contribution in [1.82, 2.24) is 0 Å². The molecule has 0 amide bonds. The molecule has 0 aromatic carbocycles.